The number of fused-ring (bicyclic) bond motifs is 1. The number of nitrogens with one attached hydrogen (secondary N) is 1. The average Bonchev–Trinajstić information content (AvgIpc) is 3.44. The normalized spacial score (nSPS) is 15.6. The van der Waals surface area contributed by atoms with Crippen LogP contribution in [0.2, 0.25) is 0 Å². The largest absolute Gasteiger partial charge is 0.481 e. The van der Waals surface area contributed by atoms with Gasteiger partial charge in [-0.05, 0) is 31.0 Å². The maximum atomic E-state index is 13.2. The van der Waals surface area contributed by atoms with Gasteiger partial charge in [-0.1, -0.05) is 6.07 Å². The first-order valence-corrected chi connectivity index (χ1v) is 10.6. The zero-order valence-electron chi connectivity index (χ0n) is 16.4. The minimum absolute atomic E-state index is 0.101. The number of imidazole rings is 1. The van der Waals surface area contributed by atoms with Crippen LogP contribution in [0.1, 0.15) is 24.0 Å². The van der Waals surface area contributed by atoms with Gasteiger partial charge in [-0.2, -0.15) is 13.2 Å². The number of carbonyl (C=O) groups excluding carboxylic acids is 1. The molecule has 1 aromatic carbocycles. The van der Waals surface area contributed by atoms with Gasteiger partial charge in [-0.3, -0.25) is 4.79 Å². The highest BCUT2D eigenvalue weighted by Crippen LogP contribution is 2.52. The molecule has 1 aliphatic carbocycles. The molecule has 0 bridgehead atoms. The van der Waals surface area contributed by atoms with Crippen molar-refractivity contribution in [2.24, 2.45) is 7.05 Å². The van der Waals surface area contributed by atoms with Crippen molar-refractivity contribution in [2.75, 3.05) is 7.11 Å². The van der Waals surface area contributed by atoms with E-state index in [-0.39, 0.29) is 29.2 Å². The molecule has 0 spiro atoms. The summed E-state index contributed by atoms with van der Waals surface area (Å²) in [6.07, 6.45) is -2.32. The van der Waals surface area contributed by atoms with Crippen LogP contribution >= 0.6 is 0 Å². The molecule has 12 heteroatoms. The van der Waals surface area contributed by atoms with Crippen LogP contribution in [0.5, 0.6) is 5.88 Å². The predicted octanol–water partition coefficient (Wildman–Crippen LogP) is 2.53. The van der Waals surface area contributed by atoms with E-state index in [1.165, 1.54) is 30.1 Å². The standard InChI is InChI=1S/C19H17F3N4O4S/c1-26-10-24-13-4-3-5-14(15(13)26)31(28,29)25-17(27)18(6-7-18)12-8-11(19(20,21)22)9-23-16(12)30-2/h3-5,8-10H,6-7H2,1-2H3,(H,25,27). The van der Waals surface area contributed by atoms with E-state index in [0.29, 0.717) is 17.2 Å². The fourth-order valence-corrected chi connectivity index (χ4v) is 4.83. The second-order valence-electron chi connectivity index (χ2n) is 7.27. The maximum absolute atomic E-state index is 13.2. The molecular weight excluding hydrogens is 437 g/mol. The van der Waals surface area contributed by atoms with Crippen molar-refractivity contribution in [3.63, 3.8) is 0 Å². The number of hydrogen-bond donors (Lipinski definition) is 1. The van der Waals surface area contributed by atoms with Crippen LogP contribution in [0.3, 0.4) is 0 Å². The Morgan fingerprint density at radius 1 is 1.26 bits per heavy atom. The molecule has 0 aliphatic heterocycles. The van der Waals surface area contributed by atoms with Crippen LogP contribution in [-0.2, 0) is 33.5 Å². The number of benzene rings is 1. The molecule has 0 unspecified atom stereocenters. The minimum Gasteiger partial charge on any atom is -0.481 e. The van der Waals surface area contributed by atoms with E-state index >= 15 is 0 Å². The van der Waals surface area contributed by atoms with E-state index in [1.54, 1.807) is 13.1 Å². The number of para-hydroxylation sites is 1. The molecule has 4 rings (SSSR count). The Hall–Kier alpha value is -3.15. The van der Waals surface area contributed by atoms with E-state index in [9.17, 15) is 26.4 Å². The summed E-state index contributed by atoms with van der Waals surface area (Å²) in [5.74, 6) is -1.10. The molecule has 31 heavy (non-hydrogen) atoms. The summed E-state index contributed by atoms with van der Waals surface area (Å²) < 4.78 is 74.1. The molecule has 2 heterocycles. The second-order valence-corrected chi connectivity index (χ2v) is 8.93. The fraction of sp³-hybridized carbons (Fsp3) is 0.316. The summed E-state index contributed by atoms with van der Waals surface area (Å²) in [5, 5.41) is 0. The molecule has 8 nitrogen and oxygen atoms in total. The second kappa shape index (κ2) is 6.94. The Labute approximate surface area is 175 Å². The monoisotopic (exact) mass is 454 g/mol. The molecule has 1 aliphatic rings. The topological polar surface area (TPSA) is 103 Å². The SMILES string of the molecule is COc1ncc(C(F)(F)F)cc1C1(C(=O)NS(=O)(=O)c2cccc3ncn(C)c23)CC1. The lowest BCUT2D eigenvalue weighted by molar-refractivity contribution is -0.138. The van der Waals surface area contributed by atoms with Crippen molar-refractivity contribution in [3.05, 3.63) is 47.9 Å². The molecule has 1 saturated carbocycles. The smallest absolute Gasteiger partial charge is 0.417 e. The lowest BCUT2D eigenvalue weighted by atomic mass is 9.95. The molecule has 1 N–H and O–H groups in total. The van der Waals surface area contributed by atoms with Crippen molar-refractivity contribution in [2.45, 2.75) is 29.3 Å². The first kappa shape index (κ1) is 21.1. The number of rotatable bonds is 5. The highest BCUT2D eigenvalue weighted by atomic mass is 32.2. The zero-order chi connectivity index (χ0) is 22.6. The lowest BCUT2D eigenvalue weighted by Gasteiger charge is -2.19. The van der Waals surface area contributed by atoms with Crippen molar-refractivity contribution < 1.29 is 31.1 Å². The van der Waals surface area contributed by atoms with Gasteiger partial charge in [0.05, 0.1) is 35.4 Å². The van der Waals surface area contributed by atoms with E-state index in [0.717, 1.165) is 6.07 Å². The summed E-state index contributed by atoms with van der Waals surface area (Å²) in [7, 11) is -1.51. The predicted molar refractivity (Wildman–Crippen MR) is 103 cm³/mol. The van der Waals surface area contributed by atoms with E-state index in [4.69, 9.17) is 4.74 Å². The molecular formula is C19H17F3N4O4S. The van der Waals surface area contributed by atoms with Gasteiger partial charge in [-0.15, -0.1) is 0 Å². The number of halogens is 3. The molecule has 1 fully saturated rings. The number of ether oxygens (including phenoxy) is 1. The molecule has 2 aromatic heterocycles. The van der Waals surface area contributed by atoms with Crippen molar-refractivity contribution in [1.82, 2.24) is 19.3 Å². The zero-order valence-corrected chi connectivity index (χ0v) is 17.2. The molecule has 0 saturated heterocycles. The Balaban J connectivity index is 1.73. The van der Waals surface area contributed by atoms with E-state index < -0.39 is 33.1 Å². The summed E-state index contributed by atoms with van der Waals surface area (Å²) in [5.41, 5.74) is -1.91. The number of aryl methyl sites for hydroxylation is 1. The molecule has 164 valence electrons. The lowest BCUT2D eigenvalue weighted by Crippen LogP contribution is -2.39. The quantitative estimate of drug-likeness (QED) is 0.636. The Bertz CT molecular complexity index is 1300. The Morgan fingerprint density at radius 2 is 1.97 bits per heavy atom. The highest BCUT2D eigenvalue weighted by Gasteiger charge is 2.55. The highest BCUT2D eigenvalue weighted by molar-refractivity contribution is 7.90. The van der Waals surface area contributed by atoms with Gasteiger partial charge in [0, 0.05) is 18.8 Å². The van der Waals surface area contributed by atoms with Crippen LogP contribution < -0.4 is 9.46 Å². The van der Waals surface area contributed by atoms with Crippen molar-refractivity contribution >= 4 is 27.0 Å². The number of hydrogen-bond acceptors (Lipinski definition) is 6. The van der Waals surface area contributed by atoms with Crippen LogP contribution in [0.4, 0.5) is 13.2 Å². The number of pyridine rings is 1. The molecule has 3 aromatic rings. The third-order valence-electron chi connectivity index (χ3n) is 5.29. The van der Waals surface area contributed by atoms with Gasteiger partial charge in [0.1, 0.15) is 4.90 Å². The van der Waals surface area contributed by atoms with Gasteiger partial charge in [-0.25, -0.2) is 23.1 Å². The maximum Gasteiger partial charge on any atom is 0.417 e. The number of methoxy groups -OCH3 is 1. The number of nitrogens with zero attached hydrogens (tertiary/aromatic N) is 3. The Kier molecular flexibility index (Phi) is 4.72. The number of aromatic nitrogens is 3. The van der Waals surface area contributed by atoms with Gasteiger partial charge < -0.3 is 9.30 Å². The van der Waals surface area contributed by atoms with E-state index in [1.807, 2.05) is 4.72 Å². The first-order valence-electron chi connectivity index (χ1n) is 9.08. The van der Waals surface area contributed by atoms with Gasteiger partial charge in [0.2, 0.25) is 11.8 Å². The van der Waals surface area contributed by atoms with Crippen LogP contribution in [0.15, 0.2) is 41.7 Å². The molecule has 0 radical (unpaired) electrons. The molecule has 0 atom stereocenters. The number of carbonyl (C=O) groups is 1. The van der Waals surface area contributed by atoms with E-state index in [2.05, 4.69) is 9.97 Å². The number of alkyl halides is 3. The third-order valence-corrected chi connectivity index (χ3v) is 6.65. The average molecular weight is 454 g/mol. The number of amides is 1. The summed E-state index contributed by atoms with van der Waals surface area (Å²) >= 11 is 0. The van der Waals surface area contributed by atoms with Crippen LogP contribution in [0.25, 0.3) is 11.0 Å². The fourth-order valence-electron chi connectivity index (χ4n) is 3.52. The first-order chi connectivity index (χ1) is 14.5. The van der Waals surface area contributed by atoms with Crippen LogP contribution in [-0.4, -0.2) is 36.0 Å². The summed E-state index contributed by atoms with van der Waals surface area (Å²) in [6, 6.07) is 5.22. The summed E-state index contributed by atoms with van der Waals surface area (Å²) in [6.45, 7) is 0. The molecule has 1 amide bonds. The van der Waals surface area contributed by atoms with Crippen LogP contribution in [0, 0.1) is 0 Å². The summed E-state index contributed by atoms with van der Waals surface area (Å²) in [4.78, 5) is 20.6. The minimum atomic E-state index is -4.68. The number of sulfonamides is 1. The van der Waals surface area contributed by atoms with Gasteiger partial charge in [0.25, 0.3) is 10.0 Å². The third kappa shape index (κ3) is 3.50. The van der Waals surface area contributed by atoms with Gasteiger partial charge >= 0.3 is 6.18 Å². The van der Waals surface area contributed by atoms with Gasteiger partial charge in [0.15, 0.2) is 0 Å². The van der Waals surface area contributed by atoms with Crippen molar-refractivity contribution in [3.8, 4) is 5.88 Å². The Morgan fingerprint density at radius 3 is 2.58 bits per heavy atom. The van der Waals surface area contributed by atoms with Crippen molar-refractivity contribution in [1.29, 1.82) is 0 Å².